The molecule has 1 heterocycles. The highest BCUT2D eigenvalue weighted by molar-refractivity contribution is 7.82. The fourth-order valence-electron chi connectivity index (χ4n) is 8.53. The lowest BCUT2D eigenvalue weighted by Gasteiger charge is -2.22. The zero-order valence-electron chi connectivity index (χ0n) is 34.0. The molecule has 296 valence electrons. The summed E-state index contributed by atoms with van der Waals surface area (Å²) in [5.74, 6) is 1.96. The van der Waals surface area contributed by atoms with Crippen LogP contribution in [0.1, 0.15) is 37.1 Å². The van der Waals surface area contributed by atoms with Crippen LogP contribution in [0.5, 0.6) is 0 Å². The summed E-state index contributed by atoms with van der Waals surface area (Å²) in [7, 11) is -3.07. The van der Waals surface area contributed by atoms with E-state index >= 15 is 4.57 Å². The second-order valence-electron chi connectivity index (χ2n) is 15.6. The van der Waals surface area contributed by atoms with Gasteiger partial charge in [0.15, 0.2) is 24.6 Å². The van der Waals surface area contributed by atoms with E-state index in [9.17, 15) is 5.26 Å². The minimum atomic E-state index is -3.07. The van der Waals surface area contributed by atoms with Crippen LogP contribution in [0.2, 0.25) is 0 Å². The van der Waals surface area contributed by atoms with E-state index in [4.69, 9.17) is 15.0 Å². The molecule has 0 aliphatic heterocycles. The van der Waals surface area contributed by atoms with Crippen LogP contribution in [0.15, 0.2) is 206 Å². The van der Waals surface area contributed by atoms with Crippen LogP contribution in [0, 0.1) is 11.3 Å². The summed E-state index contributed by atoms with van der Waals surface area (Å²) in [5.41, 5.74) is 9.50. The van der Waals surface area contributed by atoms with Crippen molar-refractivity contribution in [3.05, 3.63) is 217 Å². The molecule has 62 heavy (non-hydrogen) atoms. The highest BCUT2D eigenvalue weighted by atomic mass is 31.2. The second kappa shape index (κ2) is 16.9. The highest BCUT2D eigenvalue weighted by Crippen LogP contribution is 2.53. The molecule has 0 N–H and O–H groups in total. The summed E-state index contributed by atoms with van der Waals surface area (Å²) in [6.45, 7) is 0. The molecule has 0 radical (unpaired) electrons. The van der Waals surface area contributed by atoms with E-state index in [0.717, 1.165) is 102 Å². The van der Waals surface area contributed by atoms with Crippen LogP contribution >= 0.6 is 7.14 Å². The fourth-order valence-corrected chi connectivity index (χ4v) is 11.3. The Hall–Kier alpha value is -7.51. The first-order valence-electron chi connectivity index (χ1n) is 21.1. The van der Waals surface area contributed by atoms with Gasteiger partial charge in [-0.2, -0.15) is 5.26 Å². The quantitative estimate of drug-likeness (QED) is 0.136. The Morgan fingerprint density at radius 2 is 0.984 bits per heavy atom. The maximum atomic E-state index is 15.0. The van der Waals surface area contributed by atoms with Crippen molar-refractivity contribution in [1.29, 1.82) is 5.26 Å². The van der Waals surface area contributed by atoms with Crippen molar-refractivity contribution < 1.29 is 4.57 Å². The first-order chi connectivity index (χ1) is 30.5. The van der Waals surface area contributed by atoms with E-state index in [0.29, 0.717) is 23.0 Å². The number of fused-ring (bicyclic) bond motifs is 1. The van der Waals surface area contributed by atoms with Crippen molar-refractivity contribution in [3.63, 3.8) is 0 Å². The Labute approximate surface area is 362 Å². The minimum absolute atomic E-state index is 0.575. The van der Waals surface area contributed by atoms with Gasteiger partial charge in [-0.1, -0.05) is 182 Å². The van der Waals surface area contributed by atoms with Crippen LogP contribution in [-0.2, 0) is 4.57 Å². The molecule has 1 atom stereocenters. The van der Waals surface area contributed by atoms with Gasteiger partial charge in [0.25, 0.3) is 0 Å². The molecule has 5 nitrogen and oxygen atoms in total. The zero-order chi connectivity index (χ0) is 41.9. The standard InChI is InChI=1S/C56H41N4OP/c57-38-39-35-45(40-29-31-49(32-30-40)62(61,47-19-9-3-10-20-47)48-21-11-4-12-22-48)37-46(36-39)51-34-33-50(52-23-13-14-24-53(51)52)41-25-27-44(28-26-41)56-59-54(42-15-5-1-6-16-42)58-55(60-56)43-17-7-2-8-18-43/h1,3,5-7,9-11,13-37H,2,4,8,12H2. The molecule has 1 unspecified atom stereocenters. The van der Waals surface area contributed by atoms with Crippen LogP contribution in [0.3, 0.4) is 0 Å². The molecule has 0 saturated carbocycles. The summed E-state index contributed by atoms with van der Waals surface area (Å²) in [5, 5.41) is 14.9. The summed E-state index contributed by atoms with van der Waals surface area (Å²) >= 11 is 0. The lowest BCUT2D eigenvalue weighted by Crippen LogP contribution is -2.17. The van der Waals surface area contributed by atoms with Gasteiger partial charge in [0.1, 0.15) is 0 Å². The highest BCUT2D eigenvalue weighted by Gasteiger charge is 2.31. The van der Waals surface area contributed by atoms with E-state index in [1.807, 2.05) is 103 Å². The molecule has 6 heteroatoms. The van der Waals surface area contributed by atoms with Gasteiger partial charge in [0.05, 0.1) is 11.6 Å². The van der Waals surface area contributed by atoms with Crippen molar-refractivity contribution in [2.75, 3.05) is 0 Å². The summed E-state index contributed by atoms with van der Waals surface area (Å²) in [4.78, 5) is 14.8. The zero-order valence-corrected chi connectivity index (χ0v) is 34.9. The molecule has 2 aliphatic carbocycles. The normalized spacial score (nSPS) is 14.4. The number of nitrogens with zero attached hydrogens (tertiary/aromatic N) is 4. The van der Waals surface area contributed by atoms with Crippen LogP contribution < -0.4 is 10.6 Å². The average molecular weight is 817 g/mol. The largest absolute Gasteiger partial charge is 0.309 e. The number of hydrogen-bond acceptors (Lipinski definition) is 5. The molecule has 7 aromatic carbocycles. The Kier molecular flexibility index (Phi) is 10.5. The Morgan fingerprint density at radius 3 is 1.61 bits per heavy atom. The van der Waals surface area contributed by atoms with Gasteiger partial charge in [-0.3, -0.25) is 0 Å². The minimum Gasteiger partial charge on any atom is -0.309 e. The molecule has 8 aromatic rings. The van der Waals surface area contributed by atoms with Crippen LogP contribution in [0.25, 0.3) is 72.5 Å². The van der Waals surface area contributed by atoms with E-state index in [2.05, 4.69) is 103 Å². The van der Waals surface area contributed by atoms with Crippen molar-refractivity contribution in [2.24, 2.45) is 0 Å². The third kappa shape index (κ3) is 7.47. The van der Waals surface area contributed by atoms with Gasteiger partial charge in [0, 0.05) is 32.6 Å². The van der Waals surface area contributed by atoms with Crippen LogP contribution in [-0.4, -0.2) is 15.0 Å². The maximum absolute atomic E-state index is 15.0. The molecule has 0 amide bonds. The molecule has 0 saturated heterocycles. The fraction of sp³-hybridized carbons (Fsp3) is 0.0714. The van der Waals surface area contributed by atoms with Gasteiger partial charge < -0.3 is 4.57 Å². The molecule has 2 aliphatic rings. The second-order valence-corrected chi connectivity index (χ2v) is 18.4. The molecule has 1 aromatic heterocycles. The first-order valence-corrected chi connectivity index (χ1v) is 22.8. The smallest absolute Gasteiger partial charge is 0.170 e. The molecule has 10 rings (SSSR count). The van der Waals surface area contributed by atoms with Gasteiger partial charge in [-0.05, 0) is 88.0 Å². The molecule has 0 fully saturated rings. The summed E-state index contributed by atoms with van der Waals surface area (Å²) < 4.78 is 15.0. The summed E-state index contributed by atoms with van der Waals surface area (Å²) in [6, 6.07) is 57.6. The Bertz CT molecular complexity index is 3200. The van der Waals surface area contributed by atoms with Crippen molar-refractivity contribution in [2.45, 2.75) is 25.7 Å². The number of rotatable bonds is 9. The van der Waals surface area contributed by atoms with Gasteiger partial charge in [-0.15, -0.1) is 0 Å². The molecule has 0 spiro atoms. The maximum Gasteiger partial charge on any atom is 0.170 e. The third-order valence-corrected chi connectivity index (χ3v) is 14.8. The molecular weight excluding hydrogens is 776 g/mol. The van der Waals surface area contributed by atoms with Crippen molar-refractivity contribution in [1.82, 2.24) is 15.0 Å². The van der Waals surface area contributed by atoms with Gasteiger partial charge >= 0.3 is 0 Å². The molecule has 0 bridgehead atoms. The monoisotopic (exact) mass is 816 g/mol. The van der Waals surface area contributed by atoms with Crippen molar-refractivity contribution >= 4 is 34.1 Å². The topological polar surface area (TPSA) is 79.5 Å². The lowest BCUT2D eigenvalue weighted by molar-refractivity contribution is 0.591. The van der Waals surface area contributed by atoms with Gasteiger partial charge in [0.2, 0.25) is 0 Å². The number of benzene rings is 7. The predicted octanol–water partition coefficient (Wildman–Crippen LogP) is 13.5. The van der Waals surface area contributed by atoms with E-state index in [-0.39, 0.29) is 0 Å². The van der Waals surface area contributed by atoms with E-state index in [1.165, 1.54) is 0 Å². The molecular formula is C56H41N4OP. The first kappa shape index (κ1) is 38.7. The lowest BCUT2D eigenvalue weighted by atomic mass is 9.90. The number of hydrogen-bond donors (Lipinski definition) is 0. The summed E-state index contributed by atoms with van der Waals surface area (Å²) in [6.07, 6.45) is 16.5. The van der Waals surface area contributed by atoms with Crippen LogP contribution in [0.4, 0.5) is 0 Å². The predicted molar refractivity (Wildman–Crippen MR) is 255 cm³/mol. The van der Waals surface area contributed by atoms with E-state index in [1.54, 1.807) is 0 Å². The average Bonchev–Trinajstić information content (AvgIpc) is 3.36. The number of nitriles is 1. The van der Waals surface area contributed by atoms with Crippen molar-refractivity contribution in [3.8, 4) is 62.2 Å². The Balaban J connectivity index is 0.993. The SMILES string of the molecule is N#Cc1cc(-c2ccc(P(=O)(C3=CCCC=C3)c3ccccc3)cc2)cc(-c2ccc(-c3ccc(-c4nc(C5=CCCC=C5)nc(-c5ccccc5)n4)cc3)c3ccccc23)c1. The van der Waals surface area contributed by atoms with Gasteiger partial charge in [-0.25, -0.2) is 15.0 Å². The van der Waals surface area contributed by atoms with E-state index < -0.39 is 7.14 Å². The Morgan fingerprint density at radius 1 is 0.452 bits per heavy atom. The third-order valence-electron chi connectivity index (χ3n) is 11.7. The number of aromatic nitrogens is 3. The number of allylic oxidation sites excluding steroid dienone is 8.